The number of benzene rings is 2. The molecule has 3 aromatic rings. The monoisotopic (exact) mass is 564 g/mol. The molecule has 0 bridgehead atoms. The summed E-state index contributed by atoms with van der Waals surface area (Å²) in [7, 11) is -3.73. The molecule has 1 aromatic heterocycles. The van der Waals surface area contributed by atoms with Gasteiger partial charge >= 0.3 is 6.01 Å². The number of aliphatic hydroxyl groups excluding tert-OH is 1. The summed E-state index contributed by atoms with van der Waals surface area (Å²) in [4.78, 5) is 16.8. The number of rotatable bonds is 14. The molecule has 0 radical (unpaired) electrons. The smallest absolute Gasteiger partial charge is 0.309 e. The van der Waals surface area contributed by atoms with Gasteiger partial charge in [0, 0.05) is 19.2 Å². The second kappa shape index (κ2) is 13.6. The summed E-state index contributed by atoms with van der Waals surface area (Å²) in [6, 6.07) is 9.60. The quantitative estimate of drug-likeness (QED) is 0.236. The van der Waals surface area contributed by atoms with Crippen LogP contribution in [-0.2, 0) is 29.4 Å². The summed E-state index contributed by atoms with van der Waals surface area (Å²) in [5.74, 6) is -2.63. The Hall–Kier alpha value is -3.35. The largest absolute Gasteiger partial charge is 0.431 e. The lowest BCUT2D eigenvalue weighted by molar-refractivity contribution is 0.0825. The summed E-state index contributed by atoms with van der Waals surface area (Å²) in [5, 5.41) is 16.7. The van der Waals surface area contributed by atoms with Gasteiger partial charge in [-0.1, -0.05) is 45.0 Å². The lowest BCUT2D eigenvalue weighted by Crippen LogP contribution is -2.48. The molecular formula is C27H34F2N4O5S. The molecule has 0 fully saturated rings. The third-order valence-electron chi connectivity index (χ3n) is 5.77. The molecular weight excluding hydrogens is 530 g/mol. The Kier molecular flexibility index (Phi) is 10.6. The first-order chi connectivity index (χ1) is 18.4. The molecule has 39 heavy (non-hydrogen) atoms. The van der Waals surface area contributed by atoms with E-state index < -0.39 is 39.7 Å². The number of aliphatic hydroxyl groups is 1. The number of sulfonamides is 1. The van der Waals surface area contributed by atoms with E-state index in [1.54, 1.807) is 13.8 Å². The molecule has 0 spiro atoms. The first-order valence-electron chi connectivity index (χ1n) is 12.6. The summed E-state index contributed by atoms with van der Waals surface area (Å²) in [6.07, 6.45) is 0.635. The van der Waals surface area contributed by atoms with Crippen LogP contribution < -0.4 is 15.4 Å². The van der Waals surface area contributed by atoms with Gasteiger partial charge in [-0.3, -0.25) is 4.79 Å². The van der Waals surface area contributed by atoms with Gasteiger partial charge in [-0.15, -0.1) is 0 Å². The van der Waals surface area contributed by atoms with Gasteiger partial charge in [0.25, 0.3) is 5.91 Å². The number of oxazole rings is 1. The maximum Gasteiger partial charge on any atom is 0.309 e. The highest BCUT2D eigenvalue weighted by Gasteiger charge is 2.25. The molecule has 0 aliphatic heterocycles. The van der Waals surface area contributed by atoms with Crippen molar-refractivity contribution >= 4 is 21.9 Å². The van der Waals surface area contributed by atoms with E-state index in [9.17, 15) is 27.1 Å². The molecule has 1 heterocycles. The first kappa shape index (κ1) is 30.2. The van der Waals surface area contributed by atoms with Crippen molar-refractivity contribution in [3.8, 4) is 0 Å². The van der Waals surface area contributed by atoms with E-state index >= 15 is 0 Å². The molecule has 12 heteroatoms. The van der Waals surface area contributed by atoms with Crippen molar-refractivity contribution in [2.75, 3.05) is 17.0 Å². The maximum atomic E-state index is 13.8. The Morgan fingerprint density at radius 2 is 1.77 bits per heavy atom. The molecule has 0 saturated carbocycles. The van der Waals surface area contributed by atoms with Gasteiger partial charge in [0.2, 0.25) is 10.0 Å². The first-order valence-corrected chi connectivity index (χ1v) is 14.3. The number of nitrogens with one attached hydrogen (secondary N) is 3. The van der Waals surface area contributed by atoms with Crippen LogP contribution in [0.3, 0.4) is 0 Å². The third-order valence-corrected chi connectivity index (χ3v) is 7.36. The van der Waals surface area contributed by atoms with Crippen LogP contribution in [0.25, 0.3) is 0 Å². The number of nitrogens with zero attached hydrogens (tertiary/aromatic N) is 1. The van der Waals surface area contributed by atoms with E-state index in [2.05, 4.69) is 27.3 Å². The zero-order valence-electron chi connectivity index (χ0n) is 22.1. The topological polar surface area (TPSA) is 134 Å². The van der Waals surface area contributed by atoms with Crippen LogP contribution in [0.4, 0.5) is 14.8 Å². The summed E-state index contributed by atoms with van der Waals surface area (Å²) in [5.41, 5.74) is 2.19. The van der Waals surface area contributed by atoms with Crippen LogP contribution in [0.5, 0.6) is 0 Å². The van der Waals surface area contributed by atoms with Crippen molar-refractivity contribution < 1.29 is 31.5 Å². The lowest BCUT2D eigenvalue weighted by Gasteiger charge is -2.24. The number of hydrogen-bond acceptors (Lipinski definition) is 7. The lowest BCUT2D eigenvalue weighted by atomic mass is 10.00. The maximum absolute atomic E-state index is 13.8. The highest BCUT2D eigenvalue weighted by molar-refractivity contribution is 7.92. The van der Waals surface area contributed by atoms with Crippen LogP contribution >= 0.6 is 0 Å². The minimum atomic E-state index is -3.73. The SMILES string of the molecule is CCc1cccc(CNC[C@H](O)[C@H](Cc2cc(F)cc(F)c2)NC(=O)c2coc(NS(=O)(=O)CC(C)C)n2)c1. The fourth-order valence-electron chi connectivity index (χ4n) is 4.01. The van der Waals surface area contributed by atoms with E-state index in [4.69, 9.17) is 4.42 Å². The van der Waals surface area contributed by atoms with Gasteiger partial charge in [-0.05, 0) is 47.6 Å². The number of aryl methyl sites for hydroxylation is 1. The Morgan fingerprint density at radius 3 is 2.44 bits per heavy atom. The molecule has 0 aliphatic carbocycles. The van der Waals surface area contributed by atoms with Gasteiger partial charge in [0.05, 0.1) is 17.9 Å². The van der Waals surface area contributed by atoms with E-state index in [-0.39, 0.29) is 41.9 Å². The summed E-state index contributed by atoms with van der Waals surface area (Å²) in [6.45, 7) is 6.06. The molecule has 0 aliphatic rings. The number of amides is 1. The number of carbonyl (C=O) groups is 1. The van der Waals surface area contributed by atoms with Crippen LogP contribution in [0.1, 0.15) is 48.0 Å². The normalized spacial score (nSPS) is 13.3. The van der Waals surface area contributed by atoms with Crippen molar-refractivity contribution in [3.63, 3.8) is 0 Å². The minimum Gasteiger partial charge on any atom is -0.431 e. The van der Waals surface area contributed by atoms with Crippen molar-refractivity contribution in [2.24, 2.45) is 5.92 Å². The molecule has 212 valence electrons. The number of aromatic nitrogens is 1. The van der Waals surface area contributed by atoms with Gasteiger partial charge in [0.1, 0.15) is 17.9 Å². The van der Waals surface area contributed by atoms with Crippen molar-refractivity contribution in [1.82, 2.24) is 15.6 Å². The Labute approximate surface area is 227 Å². The molecule has 2 atom stereocenters. The molecule has 0 saturated heterocycles. The molecule has 1 amide bonds. The average Bonchev–Trinajstić information content (AvgIpc) is 3.30. The predicted molar refractivity (Wildman–Crippen MR) is 144 cm³/mol. The number of halogens is 2. The van der Waals surface area contributed by atoms with Crippen LogP contribution in [0, 0.1) is 17.6 Å². The van der Waals surface area contributed by atoms with E-state index in [0.29, 0.717) is 6.54 Å². The predicted octanol–water partition coefficient (Wildman–Crippen LogP) is 3.40. The summed E-state index contributed by atoms with van der Waals surface area (Å²) < 4.78 is 59.1. The Bertz CT molecular complexity index is 1340. The Balaban J connectivity index is 1.71. The fraction of sp³-hybridized carbons (Fsp3) is 0.407. The highest BCUT2D eigenvalue weighted by atomic mass is 32.2. The molecule has 3 rings (SSSR count). The zero-order valence-corrected chi connectivity index (χ0v) is 22.9. The van der Waals surface area contributed by atoms with Gasteiger partial charge in [-0.2, -0.15) is 4.98 Å². The van der Waals surface area contributed by atoms with Crippen LogP contribution in [0.2, 0.25) is 0 Å². The van der Waals surface area contributed by atoms with Gasteiger partial charge in [-0.25, -0.2) is 21.9 Å². The number of carbonyl (C=O) groups excluding carboxylic acids is 1. The van der Waals surface area contributed by atoms with Crippen LogP contribution in [0.15, 0.2) is 53.1 Å². The molecule has 4 N–H and O–H groups in total. The minimum absolute atomic E-state index is 0.0676. The molecule has 9 nitrogen and oxygen atoms in total. The number of anilines is 1. The highest BCUT2D eigenvalue weighted by Crippen LogP contribution is 2.15. The number of hydrogen-bond donors (Lipinski definition) is 4. The van der Waals surface area contributed by atoms with Gasteiger partial charge < -0.3 is 20.2 Å². The average molecular weight is 565 g/mol. The van der Waals surface area contributed by atoms with E-state index in [1.807, 2.05) is 24.3 Å². The Morgan fingerprint density at radius 1 is 1.08 bits per heavy atom. The van der Waals surface area contributed by atoms with Crippen LogP contribution in [-0.4, -0.2) is 48.9 Å². The summed E-state index contributed by atoms with van der Waals surface area (Å²) >= 11 is 0. The van der Waals surface area contributed by atoms with Crippen molar-refractivity contribution in [3.05, 3.63) is 82.7 Å². The van der Waals surface area contributed by atoms with Crippen molar-refractivity contribution in [1.29, 1.82) is 0 Å². The second-order valence-electron chi connectivity index (χ2n) is 9.75. The fourth-order valence-corrected chi connectivity index (χ4v) is 5.33. The standard InChI is InChI=1S/C27H34F2N4O5S/c1-4-18-6-5-7-19(8-18)13-30-14-25(34)23(11-20-9-21(28)12-22(29)10-20)31-26(35)24-15-38-27(32-24)33-39(36,37)16-17(2)3/h5-10,12,15,17,23,25,30,34H,4,11,13-14,16H2,1-3H3,(H,31,35)(H,32,33)/t23-,25-/m0/s1. The second-order valence-corrected chi connectivity index (χ2v) is 11.5. The van der Waals surface area contributed by atoms with E-state index in [1.165, 1.54) is 5.56 Å². The van der Waals surface area contributed by atoms with E-state index in [0.717, 1.165) is 36.4 Å². The van der Waals surface area contributed by atoms with Crippen molar-refractivity contribution in [2.45, 2.75) is 52.3 Å². The third kappa shape index (κ3) is 9.72. The molecule has 2 aromatic carbocycles. The molecule has 0 unspecified atom stereocenters. The zero-order chi connectivity index (χ0) is 28.6. The van der Waals surface area contributed by atoms with Gasteiger partial charge in [0.15, 0.2) is 5.69 Å².